The number of benzene rings is 4. The quantitative estimate of drug-likeness (QED) is 0.142. The van der Waals surface area contributed by atoms with Crippen LogP contribution in [0.3, 0.4) is 0 Å². The molecule has 0 saturated heterocycles. The molecule has 0 saturated carbocycles. The number of azo groups is 1. The molecule has 1 amide bonds. The van der Waals surface area contributed by atoms with E-state index >= 15 is 0 Å². The van der Waals surface area contributed by atoms with E-state index in [2.05, 4.69) is 15.5 Å². The summed E-state index contributed by atoms with van der Waals surface area (Å²) in [6.07, 6.45) is 0.203. The molecule has 4 aromatic rings. The zero-order chi connectivity index (χ0) is 28.3. The van der Waals surface area contributed by atoms with Crippen molar-refractivity contribution in [3.05, 3.63) is 81.8 Å². The fourth-order valence-corrected chi connectivity index (χ4v) is 5.56. The number of carbonyl (C=O) groups is 1. The summed E-state index contributed by atoms with van der Waals surface area (Å²) >= 11 is 12.5. The maximum absolute atomic E-state index is 13.3. The second-order valence-corrected chi connectivity index (χ2v) is 10.4. The summed E-state index contributed by atoms with van der Waals surface area (Å²) in [6.45, 7) is 3.86. The van der Waals surface area contributed by atoms with Crippen LogP contribution >= 0.6 is 23.2 Å². The molecule has 0 aliphatic rings. The molecule has 4 aromatic carbocycles. The lowest BCUT2D eigenvalue weighted by atomic mass is 10.0. The molecular formula is C27H23Cl2N3O6S. The number of rotatable bonds is 8. The minimum absolute atomic E-state index is 0.0818. The summed E-state index contributed by atoms with van der Waals surface area (Å²) in [5.74, 6) is -0.785. The number of fused-ring (bicyclic) bond motifs is 1. The van der Waals surface area contributed by atoms with Crippen molar-refractivity contribution >= 4 is 67.1 Å². The third-order valence-electron chi connectivity index (χ3n) is 5.80. The van der Waals surface area contributed by atoms with Crippen molar-refractivity contribution in [3.63, 3.8) is 0 Å². The zero-order valence-electron chi connectivity index (χ0n) is 20.8. The van der Waals surface area contributed by atoms with E-state index in [0.29, 0.717) is 23.1 Å². The maximum atomic E-state index is 13.3. The Morgan fingerprint density at radius 1 is 1.03 bits per heavy atom. The number of phenols is 1. The highest BCUT2D eigenvalue weighted by atomic mass is 35.5. The molecule has 0 aliphatic carbocycles. The Kier molecular flexibility index (Phi) is 8.41. The number of nitrogens with one attached hydrogen (secondary N) is 1. The molecular weight excluding hydrogens is 565 g/mol. The smallest absolute Gasteiger partial charge is 0.297 e. The minimum Gasteiger partial charge on any atom is -0.505 e. The molecule has 0 atom stereocenters. The second kappa shape index (κ2) is 11.6. The topological polar surface area (TPSA) is 138 Å². The average molecular weight is 588 g/mol. The first-order valence-electron chi connectivity index (χ1n) is 11.7. The highest BCUT2D eigenvalue weighted by Gasteiger charge is 2.23. The fraction of sp³-hybridized carbons (Fsp3) is 0.148. The largest absolute Gasteiger partial charge is 0.505 e. The van der Waals surface area contributed by atoms with Crippen LogP contribution < -0.4 is 10.1 Å². The van der Waals surface area contributed by atoms with E-state index in [1.54, 1.807) is 56.3 Å². The summed E-state index contributed by atoms with van der Waals surface area (Å²) in [5, 5.41) is 23.3. The normalized spacial score (nSPS) is 11.7. The van der Waals surface area contributed by atoms with Crippen LogP contribution in [-0.2, 0) is 16.5 Å². The second-order valence-electron chi connectivity index (χ2n) is 8.25. The Hall–Kier alpha value is -3.70. The molecule has 12 heteroatoms. The predicted octanol–water partition coefficient (Wildman–Crippen LogP) is 7.73. The van der Waals surface area contributed by atoms with E-state index in [1.807, 2.05) is 0 Å². The molecule has 0 aliphatic heterocycles. The number of ether oxygens (including phenoxy) is 1. The number of aromatic hydroxyl groups is 1. The van der Waals surface area contributed by atoms with Crippen LogP contribution in [0, 0.1) is 0 Å². The monoisotopic (exact) mass is 587 g/mol. The molecule has 0 spiro atoms. The Bertz CT molecular complexity index is 1720. The van der Waals surface area contributed by atoms with Crippen LogP contribution in [0.2, 0.25) is 10.0 Å². The van der Waals surface area contributed by atoms with Crippen LogP contribution in [0.15, 0.2) is 75.8 Å². The Balaban J connectivity index is 1.83. The van der Waals surface area contributed by atoms with Gasteiger partial charge >= 0.3 is 0 Å². The number of nitrogens with zero attached hydrogens (tertiary/aromatic N) is 2. The first-order chi connectivity index (χ1) is 18.6. The third-order valence-corrected chi connectivity index (χ3v) is 7.52. The van der Waals surface area contributed by atoms with Gasteiger partial charge in [0.25, 0.3) is 16.0 Å². The minimum atomic E-state index is -4.71. The van der Waals surface area contributed by atoms with Crippen molar-refractivity contribution in [1.82, 2.24) is 0 Å². The molecule has 0 heterocycles. The predicted molar refractivity (Wildman–Crippen MR) is 151 cm³/mol. The standard InChI is InChI=1S/C27H23Cl2N3O6S/c1-3-16-19(28)12-13-21(26(16)39(35,36)37)31-32-24-17-9-6-5-8-15(17)14-18(25(24)33)27(34)30-20-10-7-11-22(23(20)29)38-4-2/h5-14,33H,3-4H2,1-2H3,(H,30,34)(H,35,36,37). The van der Waals surface area contributed by atoms with Gasteiger partial charge in [-0.05, 0) is 54.6 Å². The Labute approximate surface area is 234 Å². The number of carbonyl (C=O) groups excluding carboxylic acids is 1. The van der Waals surface area contributed by atoms with Crippen molar-refractivity contribution in [1.29, 1.82) is 0 Å². The van der Waals surface area contributed by atoms with Crippen molar-refractivity contribution in [2.75, 3.05) is 11.9 Å². The molecule has 202 valence electrons. The lowest BCUT2D eigenvalue weighted by Crippen LogP contribution is -2.13. The average Bonchev–Trinajstić information content (AvgIpc) is 2.90. The van der Waals surface area contributed by atoms with Gasteiger partial charge < -0.3 is 15.2 Å². The SMILES string of the molecule is CCOc1cccc(NC(=O)c2cc3ccccc3c(N=Nc3ccc(Cl)c(CC)c3S(=O)(=O)O)c2O)c1Cl. The molecule has 0 fully saturated rings. The van der Waals surface area contributed by atoms with Crippen LogP contribution in [-0.4, -0.2) is 30.6 Å². The molecule has 39 heavy (non-hydrogen) atoms. The molecule has 0 radical (unpaired) electrons. The van der Waals surface area contributed by atoms with Gasteiger partial charge in [0.05, 0.1) is 17.9 Å². The number of phenolic OH excluding ortho intramolecular Hbond substituents is 1. The summed E-state index contributed by atoms with van der Waals surface area (Å²) in [4.78, 5) is 12.8. The number of anilines is 1. The lowest BCUT2D eigenvalue weighted by Gasteiger charge is -2.14. The van der Waals surface area contributed by atoms with Crippen molar-refractivity contribution in [2.24, 2.45) is 10.2 Å². The summed E-state index contributed by atoms with van der Waals surface area (Å²) in [7, 11) is -4.71. The van der Waals surface area contributed by atoms with Gasteiger partial charge in [0.1, 0.15) is 27.0 Å². The first-order valence-corrected chi connectivity index (χ1v) is 13.9. The summed E-state index contributed by atoms with van der Waals surface area (Å²) in [5.41, 5.74) is 0.0533. The Morgan fingerprint density at radius 3 is 2.46 bits per heavy atom. The van der Waals surface area contributed by atoms with Crippen LogP contribution in [0.5, 0.6) is 11.5 Å². The van der Waals surface area contributed by atoms with Gasteiger partial charge in [0, 0.05) is 10.4 Å². The van der Waals surface area contributed by atoms with Gasteiger partial charge in [-0.3, -0.25) is 9.35 Å². The molecule has 4 rings (SSSR count). The van der Waals surface area contributed by atoms with Gasteiger partial charge in [0.15, 0.2) is 5.75 Å². The number of amides is 1. The van der Waals surface area contributed by atoms with E-state index in [-0.39, 0.29) is 44.7 Å². The maximum Gasteiger partial charge on any atom is 0.297 e. The van der Waals surface area contributed by atoms with Gasteiger partial charge in [-0.2, -0.15) is 8.42 Å². The summed E-state index contributed by atoms with van der Waals surface area (Å²) < 4.78 is 39.6. The number of hydrogen-bond acceptors (Lipinski definition) is 7. The highest BCUT2D eigenvalue weighted by molar-refractivity contribution is 7.86. The molecule has 0 unspecified atom stereocenters. The van der Waals surface area contributed by atoms with Crippen LogP contribution in [0.4, 0.5) is 17.1 Å². The number of hydrogen-bond donors (Lipinski definition) is 3. The van der Waals surface area contributed by atoms with Crippen molar-refractivity contribution in [2.45, 2.75) is 25.2 Å². The number of halogens is 2. The molecule has 3 N–H and O–H groups in total. The van der Waals surface area contributed by atoms with Gasteiger partial charge in [0.2, 0.25) is 0 Å². The van der Waals surface area contributed by atoms with Crippen molar-refractivity contribution in [3.8, 4) is 11.5 Å². The van der Waals surface area contributed by atoms with E-state index in [4.69, 9.17) is 27.9 Å². The van der Waals surface area contributed by atoms with Crippen LogP contribution in [0.1, 0.15) is 29.8 Å². The van der Waals surface area contributed by atoms with Gasteiger partial charge in [-0.1, -0.05) is 60.5 Å². The van der Waals surface area contributed by atoms with Gasteiger partial charge in [-0.15, -0.1) is 10.2 Å². The molecule has 0 bridgehead atoms. The van der Waals surface area contributed by atoms with E-state index in [0.717, 1.165) is 0 Å². The van der Waals surface area contributed by atoms with Gasteiger partial charge in [-0.25, -0.2) is 0 Å². The fourth-order valence-electron chi connectivity index (χ4n) is 4.05. The van der Waals surface area contributed by atoms with E-state index in [1.165, 1.54) is 18.2 Å². The zero-order valence-corrected chi connectivity index (χ0v) is 23.1. The van der Waals surface area contributed by atoms with Crippen molar-refractivity contribution < 1.29 is 27.6 Å². The first kappa shape index (κ1) is 28.3. The van der Waals surface area contributed by atoms with E-state index in [9.17, 15) is 22.9 Å². The summed E-state index contributed by atoms with van der Waals surface area (Å²) in [6, 6.07) is 16.0. The lowest BCUT2D eigenvalue weighted by molar-refractivity contribution is 0.102. The Morgan fingerprint density at radius 2 is 1.77 bits per heavy atom. The third kappa shape index (κ3) is 5.84. The van der Waals surface area contributed by atoms with Crippen LogP contribution in [0.25, 0.3) is 10.8 Å². The molecule has 0 aromatic heterocycles. The van der Waals surface area contributed by atoms with E-state index < -0.39 is 26.7 Å². The highest BCUT2D eigenvalue weighted by Crippen LogP contribution is 2.41. The molecule has 9 nitrogen and oxygen atoms in total.